The van der Waals surface area contributed by atoms with Gasteiger partial charge in [0.15, 0.2) is 12.2 Å². The van der Waals surface area contributed by atoms with Crippen LogP contribution in [0.2, 0.25) is 0 Å². The second-order valence-corrected chi connectivity index (χ2v) is 8.61. The van der Waals surface area contributed by atoms with E-state index in [1.807, 2.05) is 6.07 Å². The predicted octanol–water partition coefficient (Wildman–Crippen LogP) is 0.961. The Morgan fingerprint density at radius 3 is 2.45 bits per heavy atom. The largest absolute Gasteiger partial charge is 0.508 e. The number of carboxylic acid groups (broad SMARTS) is 2. The molecule has 31 heavy (non-hydrogen) atoms. The fourth-order valence-corrected chi connectivity index (χ4v) is 5.66. The topological polar surface area (TPSA) is 139 Å². The quantitative estimate of drug-likeness (QED) is 0.445. The van der Waals surface area contributed by atoms with Gasteiger partial charge in [0.05, 0.1) is 6.54 Å². The Kier molecular flexibility index (Phi) is 6.90. The third-order valence-corrected chi connectivity index (χ3v) is 7.03. The predicted molar refractivity (Wildman–Crippen MR) is 112 cm³/mol. The van der Waals surface area contributed by atoms with E-state index < -0.39 is 24.1 Å². The van der Waals surface area contributed by atoms with Crippen molar-refractivity contribution >= 4 is 11.9 Å². The van der Waals surface area contributed by atoms with E-state index in [2.05, 4.69) is 23.0 Å². The van der Waals surface area contributed by atoms with Gasteiger partial charge in [-0.15, -0.1) is 6.42 Å². The van der Waals surface area contributed by atoms with Crippen molar-refractivity contribution in [3.63, 3.8) is 0 Å². The van der Waals surface area contributed by atoms with Crippen LogP contribution in [-0.2, 0) is 21.4 Å². The number of nitrogens with zero attached hydrogens (tertiary/aromatic N) is 1. The number of piperidine rings is 1. The number of carboxylic acids is 2. The molecule has 2 bridgehead atoms. The fraction of sp³-hybridized carbons (Fsp3) is 0.565. The monoisotopic (exact) mass is 431 g/mol. The molecule has 0 spiro atoms. The molecule has 1 aromatic rings. The van der Waals surface area contributed by atoms with Crippen molar-refractivity contribution in [1.29, 1.82) is 0 Å². The smallest absolute Gasteiger partial charge is 0.335 e. The molecule has 1 saturated carbocycles. The van der Waals surface area contributed by atoms with Gasteiger partial charge in [-0.3, -0.25) is 4.90 Å². The lowest BCUT2D eigenvalue weighted by atomic mass is 9.52. The number of aromatic hydroxyl groups is 1. The minimum Gasteiger partial charge on any atom is -0.508 e. The summed E-state index contributed by atoms with van der Waals surface area (Å²) < 4.78 is 0. The Morgan fingerprint density at radius 2 is 1.84 bits per heavy atom. The average Bonchev–Trinajstić information content (AvgIpc) is 2.75. The van der Waals surface area contributed by atoms with Gasteiger partial charge in [-0.05, 0) is 54.9 Å². The Labute approximate surface area is 181 Å². The maximum atomic E-state index is 9.97. The highest BCUT2D eigenvalue weighted by atomic mass is 16.4. The van der Waals surface area contributed by atoms with Crippen LogP contribution in [0.4, 0.5) is 0 Å². The molecule has 2 unspecified atom stereocenters. The highest BCUT2D eigenvalue weighted by Crippen LogP contribution is 2.56. The van der Waals surface area contributed by atoms with Crippen molar-refractivity contribution in [2.45, 2.75) is 62.2 Å². The molecule has 4 rings (SSSR count). The first-order valence-electron chi connectivity index (χ1n) is 10.5. The van der Waals surface area contributed by atoms with E-state index in [1.54, 1.807) is 0 Å². The van der Waals surface area contributed by atoms with Gasteiger partial charge >= 0.3 is 11.9 Å². The van der Waals surface area contributed by atoms with Gasteiger partial charge in [0.1, 0.15) is 5.75 Å². The van der Waals surface area contributed by atoms with Crippen molar-refractivity contribution in [2.24, 2.45) is 5.92 Å². The summed E-state index contributed by atoms with van der Waals surface area (Å²) in [5, 5.41) is 42.5. The molecule has 5 N–H and O–H groups in total. The van der Waals surface area contributed by atoms with Gasteiger partial charge in [-0.2, -0.15) is 0 Å². The second-order valence-electron chi connectivity index (χ2n) is 8.61. The molecule has 5 atom stereocenters. The molecule has 8 nitrogen and oxygen atoms in total. The molecule has 0 aromatic heterocycles. The van der Waals surface area contributed by atoms with Crippen LogP contribution < -0.4 is 0 Å². The van der Waals surface area contributed by atoms with E-state index in [9.17, 15) is 14.7 Å². The third kappa shape index (κ3) is 4.40. The van der Waals surface area contributed by atoms with Crippen LogP contribution in [0.1, 0.15) is 43.2 Å². The van der Waals surface area contributed by atoms with E-state index in [1.165, 1.54) is 43.2 Å². The lowest BCUT2D eigenvalue weighted by Crippen LogP contribution is -2.60. The Hall–Kier alpha value is -2.60. The van der Waals surface area contributed by atoms with Gasteiger partial charge in [-0.25, -0.2) is 9.59 Å². The average molecular weight is 431 g/mol. The molecule has 0 amide bonds. The summed E-state index contributed by atoms with van der Waals surface area (Å²) in [5.74, 6) is 0.468. The van der Waals surface area contributed by atoms with Crippen molar-refractivity contribution in [2.75, 3.05) is 13.1 Å². The summed E-state index contributed by atoms with van der Waals surface area (Å²) in [7, 11) is 0. The summed E-state index contributed by atoms with van der Waals surface area (Å²) in [5.41, 5.74) is 3.20. The van der Waals surface area contributed by atoms with E-state index in [0.717, 1.165) is 25.4 Å². The zero-order valence-electron chi connectivity index (χ0n) is 17.3. The summed E-state index contributed by atoms with van der Waals surface area (Å²) >= 11 is 0. The van der Waals surface area contributed by atoms with Crippen LogP contribution in [0.3, 0.4) is 0 Å². The summed E-state index contributed by atoms with van der Waals surface area (Å²) in [4.78, 5) is 22.1. The van der Waals surface area contributed by atoms with E-state index in [-0.39, 0.29) is 0 Å². The number of hydrogen-bond donors (Lipinski definition) is 5. The zero-order valence-corrected chi connectivity index (χ0v) is 17.3. The minimum absolute atomic E-state index is 0.306. The van der Waals surface area contributed by atoms with Crippen LogP contribution in [0.15, 0.2) is 18.2 Å². The number of benzene rings is 1. The van der Waals surface area contributed by atoms with E-state index >= 15 is 0 Å². The minimum atomic E-state index is -2.27. The molecule has 2 aliphatic carbocycles. The van der Waals surface area contributed by atoms with Gasteiger partial charge in [-0.1, -0.05) is 24.8 Å². The van der Waals surface area contributed by atoms with E-state index in [0.29, 0.717) is 17.2 Å². The number of aliphatic carboxylic acids is 2. The molecule has 8 heteroatoms. The summed E-state index contributed by atoms with van der Waals surface area (Å²) in [6.07, 6.45) is 8.64. The van der Waals surface area contributed by atoms with Gasteiger partial charge in [0.25, 0.3) is 0 Å². The normalized spacial score (nSPS) is 28.5. The number of rotatable bonds is 4. The third-order valence-electron chi connectivity index (χ3n) is 7.03. The molecular formula is C23H29NO7. The van der Waals surface area contributed by atoms with Crippen LogP contribution in [0.25, 0.3) is 0 Å². The Morgan fingerprint density at radius 1 is 1.16 bits per heavy atom. The molecule has 1 aromatic carbocycles. The summed E-state index contributed by atoms with van der Waals surface area (Å²) in [6.45, 7) is 1.89. The standard InChI is InChI=1S/C19H23NO.C4H6O6/c1-2-10-20-11-9-19-8-4-3-5-16(19)18(20)12-14-6-7-15(21)13-17(14)19;5-1(3(7)8)2(6)4(9)10/h1,6-7,13,16,18,21H,3-5,8-12H2;1-2,5-6H,(H,7,8)(H,9,10)/t16-,18+,19+;/m0./s1. The van der Waals surface area contributed by atoms with Crippen LogP contribution in [0.5, 0.6) is 5.75 Å². The highest BCUT2D eigenvalue weighted by molar-refractivity contribution is 5.83. The number of phenols is 1. The second kappa shape index (κ2) is 9.27. The van der Waals surface area contributed by atoms with Crippen LogP contribution in [-0.4, -0.2) is 73.7 Å². The van der Waals surface area contributed by atoms with E-state index in [4.69, 9.17) is 26.8 Å². The maximum absolute atomic E-state index is 9.97. The molecule has 1 aliphatic heterocycles. The first-order chi connectivity index (χ1) is 14.7. The van der Waals surface area contributed by atoms with Crippen molar-refractivity contribution in [1.82, 2.24) is 4.90 Å². The zero-order chi connectivity index (χ0) is 22.8. The highest BCUT2D eigenvalue weighted by Gasteiger charge is 2.53. The SMILES string of the molecule is C#CCN1CC[C@]23CCCC[C@H]2[C@H]1Cc1ccc(O)cc13.O=C(O)C(O)C(O)C(=O)O. The maximum Gasteiger partial charge on any atom is 0.335 e. The Bertz CT molecular complexity index is 861. The number of fused-ring (bicyclic) bond motifs is 1. The number of phenolic OH excluding ortho intramolecular Hbond substituents is 1. The van der Waals surface area contributed by atoms with Crippen molar-refractivity contribution < 1.29 is 35.1 Å². The van der Waals surface area contributed by atoms with Crippen molar-refractivity contribution in [3.8, 4) is 18.1 Å². The number of carbonyl (C=O) groups is 2. The van der Waals surface area contributed by atoms with Crippen molar-refractivity contribution in [3.05, 3.63) is 29.3 Å². The molecule has 1 saturated heterocycles. The molecule has 2 fully saturated rings. The Balaban J connectivity index is 0.000000233. The number of aliphatic hydroxyl groups excluding tert-OH is 2. The molecule has 0 radical (unpaired) electrons. The number of hydrogen-bond acceptors (Lipinski definition) is 6. The van der Waals surface area contributed by atoms with Gasteiger partial charge < -0.3 is 25.5 Å². The van der Waals surface area contributed by atoms with Gasteiger partial charge in [0, 0.05) is 18.0 Å². The van der Waals surface area contributed by atoms with Crippen LogP contribution >= 0.6 is 0 Å². The number of terminal acetylenes is 1. The first kappa shape index (κ1) is 23.1. The molecule has 1 heterocycles. The molecule has 3 aliphatic rings. The fourth-order valence-electron chi connectivity index (χ4n) is 5.66. The number of likely N-dealkylation sites (tertiary alicyclic amines) is 1. The molecular weight excluding hydrogens is 402 g/mol. The summed E-state index contributed by atoms with van der Waals surface area (Å²) in [6, 6.07) is 6.65. The molecule has 168 valence electrons. The lowest BCUT2D eigenvalue weighted by Gasteiger charge is -2.58. The first-order valence-corrected chi connectivity index (χ1v) is 10.5. The van der Waals surface area contributed by atoms with Crippen LogP contribution in [0, 0.1) is 18.3 Å². The lowest BCUT2D eigenvalue weighted by molar-refractivity contribution is -0.165. The van der Waals surface area contributed by atoms with Gasteiger partial charge in [0.2, 0.25) is 0 Å². The number of aliphatic hydroxyl groups is 2.